The first-order valence-corrected chi connectivity index (χ1v) is 7.74. The van der Waals surface area contributed by atoms with Crippen LogP contribution in [0.15, 0.2) is 4.47 Å². The lowest BCUT2D eigenvalue weighted by Gasteiger charge is -2.28. The van der Waals surface area contributed by atoms with E-state index in [2.05, 4.69) is 21.0 Å². The fraction of sp³-hybridized carbons (Fsp3) is 0.643. The van der Waals surface area contributed by atoms with E-state index in [-0.39, 0.29) is 17.9 Å². The molecule has 0 radical (unpaired) electrons. The van der Waals surface area contributed by atoms with Gasteiger partial charge in [0.1, 0.15) is 6.54 Å². The van der Waals surface area contributed by atoms with Crippen LogP contribution in [0.4, 0.5) is 0 Å². The van der Waals surface area contributed by atoms with Crippen LogP contribution < -0.4 is 0 Å². The number of aliphatic carboxylic acids is 1. The number of hydrogen-bond acceptors (Lipinski definition) is 3. The molecule has 1 aromatic heterocycles. The molecule has 1 aliphatic heterocycles. The Kier molecular flexibility index (Phi) is 4.41. The number of rotatable bonds is 4. The summed E-state index contributed by atoms with van der Waals surface area (Å²) in [5.74, 6) is -1.35. The average Bonchev–Trinajstić information content (AvgIpc) is 2.89. The minimum Gasteiger partial charge on any atom is -0.480 e. The maximum Gasteiger partial charge on any atom is 0.323 e. The van der Waals surface area contributed by atoms with Gasteiger partial charge in [-0.05, 0) is 34.2 Å². The third-order valence-corrected chi connectivity index (χ3v) is 4.09. The fourth-order valence-corrected chi connectivity index (χ4v) is 3.17. The molecule has 0 saturated heterocycles. The Morgan fingerprint density at radius 2 is 2.10 bits per heavy atom. The highest BCUT2D eigenvalue weighted by Crippen LogP contribution is 2.28. The van der Waals surface area contributed by atoms with Crippen molar-refractivity contribution in [1.29, 1.82) is 0 Å². The van der Waals surface area contributed by atoms with Gasteiger partial charge in [0.15, 0.2) is 5.69 Å². The summed E-state index contributed by atoms with van der Waals surface area (Å²) < 4.78 is 2.53. The molecule has 0 unspecified atom stereocenters. The van der Waals surface area contributed by atoms with E-state index in [9.17, 15) is 9.59 Å². The number of fused-ring (bicyclic) bond motifs is 1. The number of carbonyl (C=O) groups excluding carboxylic acids is 1. The molecule has 1 aromatic rings. The molecule has 0 bridgehead atoms. The standard InChI is InChI=1S/C14H20BrN3O3/c1-14(2,3)8-17(7-10(19)20)13(21)12-11(15)9-5-4-6-18(9)16-12/h4-8H2,1-3H3,(H,19,20). The summed E-state index contributed by atoms with van der Waals surface area (Å²) in [6.45, 7) is 6.77. The zero-order chi connectivity index (χ0) is 15.8. The minimum absolute atomic E-state index is 0.181. The second-order valence-electron chi connectivity index (χ2n) is 6.55. The third kappa shape index (κ3) is 3.64. The molecular weight excluding hydrogens is 338 g/mol. The number of carboxylic acids is 1. The number of hydrogen-bond donors (Lipinski definition) is 1. The van der Waals surface area contributed by atoms with E-state index in [4.69, 9.17) is 5.11 Å². The molecule has 0 atom stereocenters. The third-order valence-electron chi connectivity index (χ3n) is 3.26. The molecule has 7 heteroatoms. The van der Waals surface area contributed by atoms with Crippen LogP contribution in [-0.2, 0) is 17.8 Å². The number of aryl methyl sites for hydroxylation is 1. The summed E-state index contributed by atoms with van der Waals surface area (Å²) in [5.41, 5.74) is 1.15. The zero-order valence-electron chi connectivity index (χ0n) is 12.5. The van der Waals surface area contributed by atoms with E-state index in [0.717, 1.165) is 25.1 Å². The molecule has 0 fully saturated rings. The number of nitrogens with zero attached hydrogens (tertiary/aromatic N) is 3. The molecule has 1 N–H and O–H groups in total. The van der Waals surface area contributed by atoms with Crippen LogP contribution in [0.3, 0.4) is 0 Å². The molecule has 2 rings (SSSR count). The molecule has 21 heavy (non-hydrogen) atoms. The fourth-order valence-electron chi connectivity index (χ4n) is 2.52. The van der Waals surface area contributed by atoms with Crippen molar-refractivity contribution in [2.45, 2.75) is 40.2 Å². The summed E-state index contributed by atoms with van der Waals surface area (Å²) in [6, 6.07) is 0. The Morgan fingerprint density at radius 1 is 1.43 bits per heavy atom. The second-order valence-corrected chi connectivity index (χ2v) is 7.34. The van der Waals surface area contributed by atoms with Crippen molar-refractivity contribution in [3.8, 4) is 0 Å². The predicted octanol–water partition coefficient (Wildman–Crippen LogP) is 2.16. The molecule has 1 amide bonds. The summed E-state index contributed by atoms with van der Waals surface area (Å²) >= 11 is 3.44. The molecule has 1 aliphatic rings. The molecule has 0 aromatic carbocycles. The smallest absolute Gasteiger partial charge is 0.323 e. The lowest BCUT2D eigenvalue weighted by Crippen LogP contribution is -2.41. The quantitative estimate of drug-likeness (QED) is 0.895. The summed E-state index contributed by atoms with van der Waals surface area (Å²) in [4.78, 5) is 25.0. The first kappa shape index (κ1) is 16.0. The van der Waals surface area contributed by atoms with Gasteiger partial charge in [-0.15, -0.1) is 0 Å². The Bertz CT molecular complexity index is 575. The van der Waals surface area contributed by atoms with Crippen LogP contribution in [0.25, 0.3) is 0 Å². The van der Waals surface area contributed by atoms with E-state index in [1.165, 1.54) is 4.90 Å². The van der Waals surface area contributed by atoms with Gasteiger partial charge in [-0.2, -0.15) is 5.10 Å². The largest absolute Gasteiger partial charge is 0.480 e. The van der Waals surface area contributed by atoms with Crippen LogP contribution in [0.2, 0.25) is 0 Å². The van der Waals surface area contributed by atoms with Crippen LogP contribution in [0.5, 0.6) is 0 Å². The van der Waals surface area contributed by atoms with Crippen LogP contribution in [-0.4, -0.2) is 44.8 Å². The van der Waals surface area contributed by atoms with Gasteiger partial charge in [-0.3, -0.25) is 14.3 Å². The Hall–Kier alpha value is -1.37. The number of amides is 1. The number of carboxylic acid groups (broad SMARTS) is 1. The normalized spacial score (nSPS) is 14.1. The number of halogens is 1. The van der Waals surface area contributed by atoms with E-state index in [0.29, 0.717) is 16.7 Å². The first-order valence-electron chi connectivity index (χ1n) is 6.95. The molecule has 2 heterocycles. The Labute approximate surface area is 132 Å². The summed E-state index contributed by atoms with van der Waals surface area (Å²) in [7, 11) is 0. The molecule has 0 saturated carbocycles. The Morgan fingerprint density at radius 3 is 2.62 bits per heavy atom. The number of aromatic nitrogens is 2. The Balaban J connectivity index is 2.27. The SMILES string of the molecule is CC(C)(C)CN(CC(=O)O)C(=O)c1nn2c(c1Br)CCC2. The molecule has 116 valence electrons. The minimum atomic E-state index is -1.02. The highest BCUT2D eigenvalue weighted by Gasteiger charge is 2.30. The van der Waals surface area contributed by atoms with Gasteiger partial charge in [0, 0.05) is 13.1 Å². The van der Waals surface area contributed by atoms with Crippen LogP contribution in [0.1, 0.15) is 43.4 Å². The first-order chi connectivity index (χ1) is 9.69. The molecular formula is C14H20BrN3O3. The molecule has 0 spiro atoms. The average molecular weight is 358 g/mol. The predicted molar refractivity (Wildman–Crippen MR) is 81.2 cm³/mol. The monoisotopic (exact) mass is 357 g/mol. The summed E-state index contributed by atoms with van der Waals surface area (Å²) in [6.07, 6.45) is 1.91. The van der Waals surface area contributed by atoms with Gasteiger partial charge < -0.3 is 10.0 Å². The lowest BCUT2D eigenvalue weighted by molar-refractivity contribution is -0.138. The van der Waals surface area contributed by atoms with Gasteiger partial charge in [0.2, 0.25) is 0 Å². The van der Waals surface area contributed by atoms with Gasteiger partial charge in [0.05, 0.1) is 10.2 Å². The lowest BCUT2D eigenvalue weighted by atomic mass is 9.96. The van der Waals surface area contributed by atoms with E-state index < -0.39 is 5.97 Å². The highest BCUT2D eigenvalue weighted by atomic mass is 79.9. The van der Waals surface area contributed by atoms with E-state index in [1.54, 1.807) is 0 Å². The van der Waals surface area contributed by atoms with Gasteiger partial charge in [-0.1, -0.05) is 20.8 Å². The molecule has 0 aliphatic carbocycles. The van der Waals surface area contributed by atoms with Crippen molar-refractivity contribution in [3.05, 3.63) is 15.9 Å². The topological polar surface area (TPSA) is 75.4 Å². The van der Waals surface area contributed by atoms with Crippen LogP contribution >= 0.6 is 15.9 Å². The van der Waals surface area contributed by atoms with E-state index in [1.807, 2.05) is 25.5 Å². The molecule has 6 nitrogen and oxygen atoms in total. The van der Waals surface area contributed by atoms with Gasteiger partial charge in [-0.25, -0.2) is 0 Å². The van der Waals surface area contributed by atoms with Crippen molar-refractivity contribution in [3.63, 3.8) is 0 Å². The highest BCUT2D eigenvalue weighted by molar-refractivity contribution is 9.10. The van der Waals surface area contributed by atoms with Gasteiger partial charge in [0.25, 0.3) is 5.91 Å². The van der Waals surface area contributed by atoms with Crippen molar-refractivity contribution in [1.82, 2.24) is 14.7 Å². The number of carbonyl (C=O) groups is 2. The maximum atomic E-state index is 12.6. The van der Waals surface area contributed by atoms with Crippen LogP contribution in [0, 0.1) is 5.41 Å². The van der Waals surface area contributed by atoms with Crippen molar-refractivity contribution < 1.29 is 14.7 Å². The van der Waals surface area contributed by atoms with Crippen molar-refractivity contribution in [2.75, 3.05) is 13.1 Å². The maximum absolute atomic E-state index is 12.6. The van der Waals surface area contributed by atoms with E-state index >= 15 is 0 Å². The van der Waals surface area contributed by atoms with Crippen molar-refractivity contribution >= 4 is 27.8 Å². The second kappa shape index (κ2) is 5.79. The van der Waals surface area contributed by atoms with Gasteiger partial charge >= 0.3 is 5.97 Å². The zero-order valence-corrected chi connectivity index (χ0v) is 14.1. The van der Waals surface area contributed by atoms with Crippen molar-refractivity contribution in [2.24, 2.45) is 5.41 Å². The summed E-state index contributed by atoms with van der Waals surface area (Å²) in [5, 5.41) is 13.4.